The fraction of sp³-hybridized carbons (Fsp3) is 0.467. The standard InChI is InChI=1S/C15H22N2O3/c1-5-16-12-9-7-6-8-11(12)14(18)17-13(10(2)3)15(19)20-4/h6-10,13,16H,5H2,1-4H3,(H,17,18). The molecule has 5 heteroatoms. The molecule has 0 radical (unpaired) electrons. The molecule has 0 bridgehead atoms. The Labute approximate surface area is 119 Å². The van der Waals surface area contributed by atoms with E-state index in [-0.39, 0.29) is 11.8 Å². The Balaban J connectivity index is 2.92. The van der Waals surface area contributed by atoms with Crippen LogP contribution in [0.3, 0.4) is 0 Å². The van der Waals surface area contributed by atoms with Gasteiger partial charge in [0, 0.05) is 12.2 Å². The maximum atomic E-state index is 12.3. The molecule has 1 unspecified atom stereocenters. The number of nitrogens with one attached hydrogen (secondary N) is 2. The smallest absolute Gasteiger partial charge is 0.328 e. The summed E-state index contributed by atoms with van der Waals surface area (Å²) in [6.07, 6.45) is 0. The second-order valence-corrected chi connectivity index (χ2v) is 4.79. The van der Waals surface area contributed by atoms with Gasteiger partial charge < -0.3 is 15.4 Å². The summed E-state index contributed by atoms with van der Waals surface area (Å²) in [5.74, 6) is -0.766. The van der Waals surface area contributed by atoms with E-state index >= 15 is 0 Å². The fourth-order valence-electron chi connectivity index (χ4n) is 1.87. The monoisotopic (exact) mass is 278 g/mol. The van der Waals surface area contributed by atoms with E-state index in [1.165, 1.54) is 7.11 Å². The maximum absolute atomic E-state index is 12.3. The molecule has 0 aliphatic carbocycles. The second kappa shape index (κ2) is 7.53. The number of para-hydroxylation sites is 1. The summed E-state index contributed by atoms with van der Waals surface area (Å²) in [5.41, 5.74) is 1.27. The van der Waals surface area contributed by atoms with E-state index in [1.54, 1.807) is 12.1 Å². The number of esters is 1. The minimum atomic E-state index is -0.651. The van der Waals surface area contributed by atoms with Gasteiger partial charge in [0.25, 0.3) is 5.91 Å². The predicted molar refractivity (Wildman–Crippen MR) is 78.7 cm³/mol. The second-order valence-electron chi connectivity index (χ2n) is 4.79. The van der Waals surface area contributed by atoms with Gasteiger partial charge in [0.15, 0.2) is 0 Å². The average molecular weight is 278 g/mol. The van der Waals surface area contributed by atoms with Crippen molar-refractivity contribution < 1.29 is 14.3 Å². The van der Waals surface area contributed by atoms with E-state index < -0.39 is 12.0 Å². The molecule has 0 spiro atoms. The molecule has 5 nitrogen and oxygen atoms in total. The van der Waals surface area contributed by atoms with Crippen molar-refractivity contribution in [3.8, 4) is 0 Å². The number of methoxy groups -OCH3 is 1. The van der Waals surface area contributed by atoms with Crippen molar-refractivity contribution in [3.63, 3.8) is 0 Å². The Hall–Kier alpha value is -2.04. The molecule has 0 fully saturated rings. The van der Waals surface area contributed by atoms with Crippen molar-refractivity contribution in [1.29, 1.82) is 0 Å². The molecule has 0 aliphatic rings. The SMILES string of the molecule is CCNc1ccccc1C(=O)NC(C(=O)OC)C(C)C. The molecule has 0 heterocycles. The van der Waals surface area contributed by atoms with Crippen molar-refractivity contribution in [3.05, 3.63) is 29.8 Å². The normalized spacial score (nSPS) is 11.8. The van der Waals surface area contributed by atoms with Gasteiger partial charge in [-0.25, -0.2) is 4.79 Å². The van der Waals surface area contributed by atoms with Gasteiger partial charge in [-0.3, -0.25) is 4.79 Å². The van der Waals surface area contributed by atoms with Gasteiger partial charge in [0.1, 0.15) is 6.04 Å². The first-order chi connectivity index (χ1) is 9.51. The molecule has 1 aromatic rings. The minimum Gasteiger partial charge on any atom is -0.467 e. The number of carbonyl (C=O) groups excluding carboxylic acids is 2. The quantitative estimate of drug-likeness (QED) is 0.781. The minimum absolute atomic E-state index is 0.0438. The summed E-state index contributed by atoms with van der Waals surface area (Å²) >= 11 is 0. The molecule has 0 saturated heterocycles. The van der Waals surface area contributed by atoms with Gasteiger partial charge >= 0.3 is 5.97 Å². The highest BCUT2D eigenvalue weighted by atomic mass is 16.5. The van der Waals surface area contributed by atoms with Gasteiger partial charge in [-0.05, 0) is 25.0 Å². The topological polar surface area (TPSA) is 67.4 Å². The molecular weight excluding hydrogens is 256 g/mol. The number of rotatable bonds is 6. The summed E-state index contributed by atoms with van der Waals surface area (Å²) in [6.45, 7) is 6.39. The van der Waals surface area contributed by atoms with Crippen LogP contribution in [0.1, 0.15) is 31.1 Å². The van der Waals surface area contributed by atoms with E-state index in [4.69, 9.17) is 4.74 Å². The van der Waals surface area contributed by atoms with Crippen LogP contribution in [0.25, 0.3) is 0 Å². The van der Waals surface area contributed by atoms with E-state index in [9.17, 15) is 9.59 Å². The van der Waals surface area contributed by atoms with E-state index in [0.29, 0.717) is 5.56 Å². The van der Waals surface area contributed by atoms with Crippen molar-refractivity contribution >= 4 is 17.6 Å². The zero-order chi connectivity index (χ0) is 15.1. The van der Waals surface area contributed by atoms with E-state index in [1.807, 2.05) is 32.9 Å². The van der Waals surface area contributed by atoms with E-state index in [2.05, 4.69) is 10.6 Å². The first kappa shape index (κ1) is 16.0. The molecule has 0 aromatic heterocycles. The summed E-state index contributed by atoms with van der Waals surface area (Å²) in [4.78, 5) is 24.0. The maximum Gasteiger partial charge on any atom is 0.328 e. The van der Waals surface area contributed by atoms with Gasteiger partial charge in [0.2, 0.25) is 0 Å². The van der Waals surface area contributed by atoms with Crippen LogP contribution in [0, 0.1) is 5.92 Å². The van der Waals surface area contributed by atoms with Gasteiger partial charge in [-0.15, -0.1) is 0 Å². The molecular formula is C15H22N2O3. The van der Waals surface area contributed by atoms with Crippen molar-refractivity contribution in [2.24, 2.45) is 5.92 Å². The van der Waals surface area contributed by atoms with Crippen LogP contribution < -0.4 is 10.6 Å². The van der Waals surface area contributed by atoms with Gasteiger partial charge in [0.05, 0.1) is 12.7 Å². The Morgan fingerprint density at radius 2 is 1.90 bits per heavy atom. The Morgan fingerprint density at radius 1 is 1.25 bits per heavy atom. The molecule has 110 valence electrons. The lowest BCUT2D eigenvalue weighted by Gasteiger charge is -2.20. The van der Waals surface area contributed by atoms with Crippen LogP contribution in [-0.2, 0) is 9.53 Å². The zero-order valence-electron chi connectivity index (χ0n) is 12.4. The number of amides is 1. The highest BCUT2D eigenvalue weighted by Gasteiger charge is 2.26. The summed E-state index contributed by atoms with van der Waals surface area (Å²) in [7, 11) is 1.32. The third-order valence-electron chi connectivity index (χ3n) is 2.95. The van der Waals surface area contributed by atoms with Crippen LogP contribution in [0.15, 0.2) is 24.3 Å². The molecule has 1 atom stereocenters. The number of hydrogen-bond acceptors (Lipinski definition) is 4. The first-order valence-corrected chi connectivity index (χ1v) is 6.72. The fourth-order valence-corrected chi connectivity index (χ4v) is 1.87. The molecule has 0 aliphatic heterocycles. The third-order valence-corrected chi connectivity index (χ3v) is 2.95. The van der Waals surface area contributed by atoms with Gasteiger partial charge in [-0.1, -0.05) is 26.0 Å². The number of carbonyl (C=O) groups is 2. The number of anilines is 1. The van der Waals surface area contributed by atoms with E-state index in [0.717, 1.165) is 12.2 Å². The molecule has 1 rings (SSSR count). The zero-order valence-corrected chi connectivity index (χ0v) is 12.4. The van der Waals surface area contributed by atoms with Crippen LogP contribution >= 0.6 is 0 Å². The first-order valence-electron chi connectivity index (χ1n) is 6.72. The molecule has 1 amide bonds. The summed E-state index contributed by atoms with van der Waals surface area (Å²) in [5, 5.41) is 5.85. The van der Waals surface area contributed by atoms with Crippen LogP contribution in [0.5, 0.6) is 0 Å². The van der Waals surface area contributed by atoms with Gasteiger partial charge in [-0.2, -0.15) is 0 Å². The van der Waals surface area contributed by atoms with Crippen molar-refractivity contribution in [2.45, 2.75) is 26.8 Å². The lowest BCUT2D eigenvalue weighted by molar-refractivity contribution is -0.144. The van der Waals surface area contributed by atoms with Crippen LogP contribution in [0.4, 0.5) is 5.69 Å². The lowest BCUT2D eigenvalue weighted by atomic mass is 10.0. The Morgan fingerprint density at radius 3 is 2.45 bits per heavy atom. The van der Waals surface area contributed by atoms with Crippen LogP contribution in [-0.4, -0.2) is 31.6 Å². The Kier molecular flexibility index (Phi) is 6.03. The summed E-state index contributed by atoms with van der Waals surface area (Å²) < 4.78 is 4.72. The number of benzene rings is 1. The highest BCUT2D eigenvalue weighted by molar-refractivity contribution is 6.01. The highest BCUT2D eigenvalue weighted by Crippen LogP contribution is 2.15. The van der Waals surface area contributed by atoms with Crippen molar-refractivity contribution in [1.82, 2.24) is 5.32 Å². The number of hydrogen-bond donors (Lipinski definition) is 2. The van der Waals surface area contributed by atoms with Crippen LogP contribution in [0.2, 0.25) is 0 Å². The molecule has 20 heavy (non-hydrogen) atoms. The molecule has 0 saturated carbocycles. The number of ether oxygens (including phenoxy) is 1. The summed E-state index contributed by atoms with van der Waals surface area (Å²) in [6, 6.07) is 6.55. The lowest BCUT2D eigenvalue weighted by Crippen LogP contribution is -2.45. The van der Waals surface area contributed by atoms with Crippen molar-refractivity contribution in [2.75, 3.05) is 19.0 Å². The largest absolute Gasteiger partial charge is 0.467 e. The Bertz CT molecular complexity index is 472. The third kappa shape index (κ3) is 3.98. The predicted octanol–water partition coefficient (Wildman–Crippen LogP) is 2.05. The average Bonchev–Trinajstić information content (AvgIpc) is 2.44. The molecule has 2 N–H and O–H groups in total. The molecule has 1 aromatic carbocycles.